The van der Waals surface area contributed by atoms with Gasteiger partial charge in [-0.3, -0.25) is 4.79 Å². The van der Waals surface area contributed by atoms with Crippen LogP contribution in [-0.2, 0) is 6.18 Å². The Hall–Kier alpha value is -3.03. The number of carbonyl (C=O) groups is 1. The predicted octanol–water partition coefficient (Wildman–Crippen LogP) is 4.57. The second kappa shape index (κ2) is 7.98. The zero-order valence-corrected chi connectivity index (χ0v) is 19.9. The number of amides is 1. The largest absolute Gasteiger partial charge is 0.416 e. The Kier molecular flexibility index (Phi) is 4.92. The smallest absolute Gasteiger partial charge is 0.368 e. The first-order chi connectivity index (χ1) is 17.4. The quantitative estimate of drug-likeness (QED) is 0.587. The minimum absolute atomic E-state index is 0.0867. The number of allylic oxidation sites excluding steroid dienone is 2. The Labute approximate surface area is 208 Å². The molecular weight excluding hydrogens is 465 g/mol. The van der Waals surface area contributed by atoms with Gasteiger partial charge in [0.2, 0.25) is 0 Å². The lowest BCUT2D eigenvalue weighted by Crippen LogP contribution is -2.46. The van der Waals surface area contributed by atoms with E-state index in [4.69, 9.17) is 0 Å². The first-order valence-electron chi connectivity index (χ1n) is 13.0. The van der Waals surface area contributed by atoms with Crippen molar-refractivity contribution in [2.24, 2.45) is 35.5 Å². The van der Waals surface area contributed by atoms with Crippen LogP contribution < -0.4 is 9.80 Å². The van der Waals surface area contributed by atoms with Crippen molar-refractivity contribution in [1.82, 2.24) is 9.88 Å². The molecule has 8 heteroatoms. The zero-order chi connectivity index (χ0) is 24.6. The maximum absolute atomic E-state index is 13.3. The van der Waals surface area contributed by atoms with Gasteiger partial charge < -0.3 is 14.7 Å². The number of pyridine rings is 1. The highest BCUT2D eigenvalue weighted by atomic mass is 19.4. The normalized spacial score (nSPS) is 32.5. The van der Waals surface area contributed by atoms with Crippen LogP contribution in [0.3, 0.4) is 0 Å². The third-order valence-corrected chi connectivity index (χ3v) is 9.28. The number of piperazine rings is 1. The fourth-order valence-corrected chi connectivity index (χ4v) is 7.35. The summed E-state index contributed by atoms with van der Waals surface area (Å²) < 4.78 is 38.5. The van der Waals surface area contributed by atoms with Gasteiger partial charge in [-0.1, -0.05) is 12.2 Å². The number of alkyl halides is 3. The highest BCUT2D eigenvalue weighted by Gasteiger charge is 2.61. The number of likely N-dealkylation sites (tertiary alicyclic amines) is 1. The lowest BCUT2D eigenvalue weighted by molar-refractivity contribution is -0.137. The third-order valence-electron chi connectivity index (χ3n) is 9.28. The van der Waals surface area contributed by atoms with Crippen LogP contribution in [0.25, 0.3) is 0 Å². The molecule has 6 aliphatic rings. The first kappa shape index (κ1) is 22.2. The Morgan fingerprint density at radius 2 is 1.42 bits per heavy atom. The summed E-state index contributed by atoms with van der Waals surface area (Å²) in [6.07, 6.45) is 3.63. The molecule has 1 aromatic heterocycles. The maximum Gasteiger partial charge on any atom is 0.416 e. The van der Waals surface area contributed by atoms with E-state index in [1.807, 2.05) is 17.0 Å². The monoisotopic (exact) mass is 494 g/mol. The summed E-state index contributed by atoms with van der Waals surface area (Å²) in [5, 5.41) is 0. The average molecular weight is 495 g/mol. The lowest BCUT2D eigenvalue weighted by atomic mass is 9.64. The van der Waals surface area contributed by atoms with Gasteiger partial charge in [0.25, 0.3) is 5.91 Å². The van der Waals surface area contributed by atoms with Crippen LogP contribution in [0.4, 0.5) is 24.7 Å². The highest BCUT2D eigenvalue weighted by molar-refractivity contribution is 5.94. The van der Waals surface area contributed by atoms with E-state index in [2.05, 4.69) is 26.9 Å². The molecular formula is C28H29F3N4O. The SMILES string of the molecule is O=C(c1ccc(N2CCN(c3ccc(C(F)(F)F)cc3)CC2)nc1)N1CC2[C@@H](C1)[C@H]1C=C[C@@H]2[C@@H]2C[C@H]12. The van der Waals surface area contributed by atoms with Crippen molar-refractivity contribution in [2.45, 2.75) is 12.6 Å². The van der Waals surface area contributed by atoms with Gasteiger partial charge in [0.1, 0.15) is 5.82 Å². The highest BCUT2D eigenvalue weighted by Crippen LogP contribution is 2.64. The van der Waals surface area contributed by atoms with E-state index in [0.29, 0.717) is 42.3 Å². The van der Waals surface area contributed by atoms with Gasteiger partial charge in [-0.15, -0.1) is 0 Å². The minimum atomic E-state index is -4.32. The molecule has 188 valence electrons. The van der Waals surface area contributed by atoms with Crippen molar-refractivity contribution >= 4 is 17.4 Å². The standard InChI is InChI=1S/C28H29F3N4O/c29-28(30,31)18-2-4-19(5-3-18)33-9-11-34(12-10-33)26-8-1-17(14-32-26)27(36)35-15-24-20-6-7-21(25(24)16-35)23-13-22(20)23/h1-8,14,20-25H,9-13,15-16H2/t20-,21+,22+,23-,24-,25?/m0/s1. The molecule has 0 radical (unpaired) electrons. The number of rotatable bonds is 3. The summed E-state index contributed by atoms with van der Waals surface area (Å²) >= 11 is 0. The molecule has 4 fully saturated rings. The number of halogens is 3. The molecule has 2 aliphatic heterocycles. The van der Waals surface area contributed by atoms with Crippen LogP contribution in [-0.4, -0.2) is 55.1 Å². The second-order valence-electron chi connectivity index (χ2n) is 11.1. The molecule has 0 N–H and O–H groups in total. The topological polar surface area (TPSA) is 39.7 Å². The summed E-state index contributed by atoms with van der Waals surface area (Å²) in [5.41, 5.74) is 0.812. The number of hydrogen-bond acceptors (Lipinski definition) is 4. The van der Waals surface area contributed by atoms with E-state index in [1.54, 1.807) is 6.20 Å². The molecule has 2 saturated heterocycles. The van der Waals surface area contributed by atoms with Gasteiger partial charge in [-0.05, 0) is 78.3 Å². The van der Waals surface area contributed by atoms with Gasteiger partial charge >= 0.3 is 6.18 Å². The van der Waals surface area contributed by atoms with Crippen LogP contribution in [0.1, 0.15) is 22.3 Å². The van der Waals surface area contributed by atoms with Gasteiger partial charge in [-0.2, -0.15) is 13.2 Å². The maximum atomic E-state index is 13.3. The summed E-state index contributed by atoms with van der Waals surface area (Å²) in [6.45, 7) is 4.56. The van der Waals surface area contributed by atoms with Crippen LogP contribution in [0.15, 0.2) is 54.7 Å². The number of benzene rings is 1. The van der Waals surface area contributed by atoms with E-state index in [9.17, 15) is 18.0 Å². The molecule has 1 amide bonds. The number of aromatic nitrogens is 1. The first-order valence-corrected chi connectivity index (χ1v) is 13.0. The molecule has 2 bridgehead atoms. The minimum Gasteiger partial charge on any atom is -0.368 e. The van der Waals surface area contributed by atoms with Crippen molar-refractivity contribution < 1.29 is 18.0 Å². The molecule has 1 aromatic carbocycles. The van der Waals surface area contributed by atoms with Gasteiger partial charge in [-0.25, -0.2) is 4.98 Å². The van der Waals surface area contributed by atoms with Crippen molar-refractivity contribution in [3.63, 3.8) is 0 Å². The lowest BCUT2D eigenvalue weighted by Gasteiger charge is -2.40. The van der Waals surface area contributed by atoms with E-state index in [-0.39, 0.29) is 5.91 Å². The van der Waals surface area contributed by atoms with Crippen LogP contribution in [0, 0.1) is 35.5 Å². The van der Waals surface area contributed by atoms with E-state index >= 15 is 0 Å². The van der Waals surface area contributed by atoms with E-state index in [1.165, 1.54) is 18.6 Å². The summed E-state index contributed by atoms with van der Waals surface area (Å²) in [4.78, 5) is 24.2. The van der Waals surface area contributed by atoms with Crippen molar-refractivity contribution in [3.05, 3.63) is 65.9 Å². The van der Waals surface area contributed by atoms with E-state index < -0.39 is 11.7 Å². The number of anilines is 2. The summed E-state index contributed by atoms with van der Waals surface area (Å²) in [6, 6.07) is 9.16. The molecule has 2 saturated carbocycles. The average Bonchev–Trinajstić information content (AvgIpc) is 3.60. The van der Waals surface area contributed by atoms with E-state index in [0.717, 1.165) is 61.7 Å². The Morgan fingerprint density at radius 1 is 0.806 bits per heavy atom. The number of hydrogen-bond donors (Lipinski definition) is 0. The molecule has 4 aliphatic carbocycles. The number of carbonyl (C=O) groups excluding carboxylic acids is 1. The van der Waals surface area contributed by atoms with Crippen LogP contribution in [0.2, 0.25) is 0 Å². The fourth-order valence-electron chi connectivity index (χ4n) is 7.35. The summed E-state index contributed by atoms with van der Waals surface area (Å²) in [7, 11) is 0. The van der Waals surface area contributed by atoms with Crippen molar-refractivity contribution in [3.8, 4) is 0 Å². The van der Waals surface area contributed by atoms with Gasteiger partial charge in [0.15, 0.2) is 0 Å². The molecule has 5 nitrogen and oxygen atoms in total. The third kappa shape index (κ3) is 3.59. The fraction of sp³-hybridized carbons (Fsp3) is 0.500. The van der Waals surface area contributed by atoms with Crippen LogP contribution in [0.5, 0.6) is 0 Å². The van der Waals surface area contributed by atoms with Gasteiger partial charge in [0, 0.05) is 51.2 Å². The number of nitrogens with zero attached hydrogens (tertiary/aromatic N) is 4. The predicted molar refractivity (Wildman–Crippen MR) is 131 cm³/mol. The Bertz CT molecular complexity index is 1160. The molecule has 8 rings (SSSR count). The van der Waals surface area contributed by atoms with Crippen molar-refractivity contribution in [2.75, 3.05) is 49.1 Å². The molecule has 0 spiro atoms. The molecule has 2 aromatic rings. The Morgan fingerprint density at radius 3 is 1.97 bits per heavy atom. The van der Waals surface area contributed by atoms with Crippen molar-refractivity contribution in [1.29, 1.82) is 0 Å². The molecule has 6 atom stereocenters. The molecule has 3 heterocycles. The zero-order valence-electron chi connectivity index (χ0n) is 19.9. The Balaban J connectivity index is 0.964. The van der Waals surface area contributed by atoms with Gasteiger partial charge in [0.05, 0.1) is 11.1 Å². The van der Waals surface area contributed by atoms with Crippen LogP contribution >= 0.6 is 0 Å². The second-order valence-corrected chi connectivity index (χ2v) is 11.1. The molecule has 1 unspecified atom stereocenters. The summed E-state index contributed by atoms with van der Waals surface area (Å²) in [5.74, 6) is 5.25. The molecule has 36 heavy (non-hydrogen) atoms.